The maximum atomic E-state index is 6.23. The Morgan fingerprint density at radius 1 is 0.842 bits per heavy atom. The molecule has 0 amide bonds. The Kier molecular flexibility index (Phi) is 3.34. The van der Waals surface area contributed by atoms with E-state index >= 15 is 0 Å². The van der Waals surface area contributed by atoms with Crippen LogP contribution in [0.4, 0.5) is 11.4 Å². The molecule has 0 radical (unpaired) electrons. The van der Waals surface area contributed by atoms with Gasteiger partial charge in [0.05, 0.1) is 0 Å². The number of hydrogen-bond donors (Lipinski definition) is 2. The van der Waals surface area contributed by atoms with E-state index in [1.807, 2.05) is 38.1 Å². The van der Waals surface area contributed by atoms with E-state index in [4.69, 9.17) is 11.5 Å². The molecular weight excluding hydrogens is 232 g/mol. The lowest BCUT2D eigenvalue weighted by Gasteiger charge is -2.13. The molecule has 1 aliphatic carbocycles. The second kappa shape index (κ2) is 4.81. The van der Waals surface area contributed by atoms with Crippen molar-refractivity contribution in [2.45, 2.75) is 20.3 Å². The molecule has 2 nitrogen and oxygen atoms in total. The van der Waals surface area contributed by atoms with Gasteiger partial charge in [0.15, 0.2) is 0 Å². The summed E-state index contributed by atoms with van der Waals surface area (Å²) in [6, 6.07) is 7.93. The Morgan fingerprint density at radius 3 is 1.58 bits per heavy atom. The Bertz CT molecular complexity index is 623. The molecule has 2 aromatic carbocycles. The minimum atomic E-state index is 0.764. The predicted molar refractivity (Wildman–Crippen MR) is 86.8 cm³/mol. The summed E-state index contributed by atoms with van der Waals surface area (Å²) in [5.41, 5.74) is 18.0. The first-order valence-corrected chi connectivity index (χ1v) is 6.57. The first-order valence-electron chi connectivity index (χ1n) is 6.57. The van der Waals surface area contributed by atoms with Crippen LogP contribution >= 0.6 is 0 Å². The van der Waals surface area contributed by atoms with Gasteiger partial charge in [-0.3, -0.25) is 0 Å². The minimum Gasteiger partial charge on any atom is -0.398 e. The number of anilines is 2. The molecule has 4 N–H and O–H groups in total. The number of nitrogens with two attached hydrogens (primary N) is 2. The lowest BCUT2D eigenvalue weighted by atomic mass is 9.96. The van der Waals surface area contributed by atoms with Crippen LogP contribution in [0.15, 0.2) is 37.4 Å². The number of nitrogen functional groups attached to an aromatic ring is 2. The van der Waals surface area contributed by atoms with Crippen molar-refractivity contribution in [3.05, 3.63) is 48.6 Å². The fraction of sp³-hybridized carbons (Fsp3) is 0.176. The largest absolute Gasteiger partial charge is 0.398 e. The highest BCUT2D eigenvalue weighted by molar-refractivity contribution is 6.13. The smallest absolute Gasteiger partial charge is 0.0477 e. The van der Waals surface area contributed by atoms with Gasteiger partial charge in [0, 0.05) is 33.3 Å². The van der Waals surface area contributed by atoms with Gasteiger partial charge in [-0.25, -0.2) is 0 Å². The van der Waals surface area contributed by atoms with E-state index in [1.54, 1.807) is 0 Å². The molecule has 0 unspecified atom stereocenters. The highest BCUT2D eigenvalue weighted by Crippen LogP contribution is 2.48. The van der Waals surface area contributed by atoms with Crippen LogP contribution in [0.3, 0.4) is 0 Å². The number of benzene rings is 2. The lowest BCUT2D eigenvalue weighted by molar-refractivity contribution is 1.50. The van der Waals surface area contributed by atoms with Crippen LogP contribution in [-0.2, 0) is 0 Å². The highest BCUT2D eigenvalue weighted by Gasteiger charge is 2.25. The average molecular weight is 252 g/mol. The van der Waals surface area contributed by atoms with Gasteiger partial charge in [-0.2, -0.15) is 0 Å². The number of allylic oxidation sites excluding steroid dienone is 2. The van der Waals surface area contributed by atoms with E-state index in [9.17, 15) is 0 Å². The monoisotopic (exact) mass is 252 g/mol. The SMILES string of the molecule is C=C1CC(=C)c2c1c(N)c1ccccc1c2N.CC. The predicted octanol–water partition coefficient (Wildman–Crippen LogP) is 4.46. The Labute approximate surface area is 114 Å². The summed E-state index contributed by atoms with van der Waals surface area (Å²) >= 11 is 0. The van der Waals surface area contributed by atoms with Crippen LogP contribution in [0.1, 0.15) is 31.4 Å². The van der Waals surface area contributed by atoms with Gasteiger partial charge >= 0.3 is 0 Å². The molecule has 0 heterocycles. The molecule has 0 spiro atoms. The molecule has 0 aliphatic heterocycles. The third-order valence-corrected chi connectivity index (χ3v) is 3.43. The number of rotatable bonds is 0. The topological polar surface area (TPSA) is 52.0 Å². The third-order valence-electron chi connectivity index (χ3n) is 3.43. The van der Waals surface area contributed by atoms with Crippen molar-refractivity contribution < 1.29 is 0 Å². The molecule has 19 heavy (non-hydrogen) atoms. The summed E-state index contributed by atoms with van der Waals surface area (Å²) in [4.78, 5) is 0. The van der Waals surface area contributed by atoms with Gasteiger partial charge in [-0.05, 0) is 17.6 Å². The Morgan fingerprint density at radius 2 is 1.21 bits per heavy atom. The van der Waals surface area contributed by atoms with Crippen LogP contribution < -0.4 is 11.5 Å². The summed E-state index contributed by atoms with van der Waals surface area (Å²) in [5.74, 6) is 0. The summed E-state index contributed by atoms with van der Waals surface area (Å²) in [7, 11) is 0. The standard InChI is InChI=1S/C15H14N2.C2H6/c1-8-7-9(2)13-12(8)14(16)10-5-3-4-6-11(10)15(13)17;1-2/h3-6H,1-2,7,16-17H2;1-2H3. The van der Waals surface area contributed by atoms with Gasteiger partial charge in [-0.15, -0.1) is 0 Å². The zero-order valence-corrected chi connectivity index (χ0v) is 11.6. The molecule has 0 atom stereocenters. The van der Waals surface area contributed by atoms with E-state index in [-0.39, 0.29) is 0 Å². The van der Waals surface area contributed by atoms with E-state index in [0.717, 1.165) is 50.8 Å². The molecule has 3 rings (SSSR count). The molecule has 2 aromatic rings. The van der Waals surface area contributed by atoms with Gasteiger partial charge < -0.3 is 11.5 Å². The molecule has 98 valence electrons. The van der Waals surface area contributed by atoms with Gasteiger partial charge in [0.1, 0.15) is 0 Å². The zero-order chi connectivity index (χ0) is 14.2. The maximum Gasteiger partial charge on any atom is 0.0477 e. The number of fused-ring (bicyclic) bond motifs is 2. The van der Waals surface area contributed by atoms with Crippen LogP contribution in [-0.4, -0.2) is 0 Å². The van der Waals surface area contributed by atoms with E-state index < -0.39 is 0 Å². The van der Waals surface area contributed by atoms with Crippen molar-refractivity contribution in [3.63, 3.8) is 0 Å². The Hall–Kier alpha value is -2.22. The van der Waals surface area contributed by atoms with E-state index in [0.29, 0.717) is 0 Å². The summed E-state index contributed by atoms with van der Waals surface area (Å²) in [6.07, 6.45) is 0.764. The fourth-order valence-electron chi connectivity index (χ4n) is 2.66. The molecule has 1 aliphatic rings. The average Bonchev–Trinajstić information content (AvgIpc) is 2.74. The minimum absolute atomic E-state index is 0.764. The van der Waals surface area contributed by atoms with Crippen LogP contribution in [0.25, 0.3) is 21.9 Å². The maximum absolute atomic E-state index is 6.23. The molecule has 2 heteroatoms. The molecular formula is C17H20N2. The van der Waals surface area contributed by atoms with E-state index in [1.165, 1.54) is 0 Å². The molecule has 0 fully saturated rings. The van der Waals surface area contributed by atoms with Crippen LogP contribution in [0.5, 0.6) is 0 Å². The summed E-state index contributed by atoms with van der Waals surface area (Å²) < 4.78 is 0. The first-order chi connectivity index (χ1) is 9.11. The van der Waals surface area contributed by atoms with Crippen LogP contribution in [0.2, 0.25) is 0 Å². The summed E-state index contributed by atoms with van der Waals surface area (Å²) in [5, 5.41) is 2.00. The lowest BCUT2D eigenvalue weighted by Crippen LogP contribution is -2.00. The third kappa shape index (κ3) is 1.80. The van der Waals surface area contributed by atoms with Crippen molar-refractivity contribution in [1.82, 2.24) is 0 Å². The molecule has 0 aromatic heterocycles. The highest BCUT2D eigenvalue weighted by atomic mass is 14.6. The van der Waals surface area contributed by atoms with Gasteiger partial charge in [0.2, 0.25) is 0 Å². The van der Waals surface area contributed by atoms with E-state index in [2.05, 4.69) is 13.2 Å². The van der Waals surface area contributed by atoms with Crippen molar-refractivity contribution in [2.24, 2.45) is 0 Å². The zero-order valence-electron chi connectivity index (χ0n) is 11.6. The first kappa shape index (κ1) is 13.2. The second-order valence-electron chi connectivity index (χ2n) is 4.51. The fourth-order valence-corrected chi connectivity index (χ4v) is 2.66. The molecule has 0 saturated heterocycles. The number of hydrogen-bond acceptors (Lipinski definition) is 2. The second-order valence-corrected chi connectivity index (χ2v) is 4.51. The summed E-state index contributed by atoms with van der Waals surface area (Å²) in [6.45, 7) is 12.1. The quantitative estimate of drug-likeness (QED) is 0.537. The van der Waals surface area contributed by atoms with Gasteiger partial charge in [-0.1, -0.05) is 51.3 Å². The Balaban J connectivity index is 0.000000637. The van der Waals surface area contributed by atoms with Crippen molar-refractivity contribution >= 4 is 33.3 Å². The van der Waals surface area contributed by atoms with Gasteiger partial charge in [0.25, 0.3) is 0 Å². The normalized spacial score (nSPS) is 13.2. The molecule has 0 bridgehead atoms. The van der Waals surface area contributed by atoms with Crippen molar-refractivity contribution in [1.29, 1.82) is 0 Å². The van der Waals surface area contributed by atoms with Crippen molar-refractivity contribution in [3.8, 4) is 0 Å². The molecule has 0 saturated carbocycles. The van der Waals surface area contributed by atoms with Crippen molar-refractivity contribution in [2.75, 3.05) is 11.5 Å². The van der Waals surface area contributed by atoms with Crippen LogP contribution in [0, 0.1) is 0 Å².